The number of ether oxygens (including phenoxy) is 2. The maximum Gasteiger partial charge on any atom is 0.143 e. The first-order valence-corrected chi connectivity index (χ1v) is 7.67. The molecule has 0 aliphatic carbocycles. The third-order valence-corrected chi connectivity index (χ3v) is 4.09. The van der Waals surface area contributed by atoms with Gasteiger partial charge in [-0.3, -0.25) is 0 Å². The smallest absolute Gasteiger partial charge is 0.143 e. The van der Waals surface area contributed by atoms with E-state index >= 15 is 0 Å². The molecular formula is C16H14Cl2N4O2. The monoisotopic (exact) mass is 364 g/mol. The molecule has 0 atom stereocenters. The predicted octanol–water partition coefficient (Wildman–Crippen LogP) is 4.28. The van der Waals surface area contributed by atoms with Gasteiger partial charge in [0.15, 0.2) is 0 Å². The second-order valence-electron chi connectivity index (χ2n) is 4.93. The Labute approximate surface area is 148 Å². The summed E-state index contributed by atoms with van der Waals surface area (Å²) in [5.41, 5.74) is 7.77. The summed E-state index contributed by atoms with van der Waals surface area (Å²) in [7, 11) is 3.09. The molecule has 3 N–H and O–H groups in total. The Morgan fingerprint density at radius 1 is 0.958 bits per heavy atom. The summed E-state index contributed by atoms with van der Waals surface area (Å²) in [5, 5.41) is 4.77. The van der Waals surface area contributed by atoms with Gasteiger partial charge in [-0.25, -0.2) is 9.97 Å². The Kier molecular flexibility index (Phi) is 4.51. The number of nitrogens with one attached hydrogen (secondary N) is 1. The average Bonchev–Trinajstić information content (AvgIpc) is 2.57. The minimum atomic E-state index is 0.426. The van der Waals surface area contributed by atoms with Crippen LogP contribution in [0.5, 0.6) is 11.5 Å². The van der Waals surface area contributed by atoms with Crippen molar-refractivity contribution in [2.45, 2.75) is 0 Å². The molecule has 0 aliphatic rings. The standard InChI is InChI=1S/C16H14Cl2N4O2/c1-23-14-6-13(9(17)4-10(14)18)22-16-8-3-11(19)15(24-2)5-12(8)20-7-21-16/h3-7H,19H2,1-2H3,(H,20,21,22). The Hall–Kier alpha value is -2.44. The molecule has 0 spiro atoms. The number of hydrogen-bond donors (Lipinski definition) is 2. The second-order valence-corrected chi connectivity index (χ2v) is 5.74. The minimum Gasteiger partial charge on any atom is -0.495 e. The highest BCUT2D eigenvalue weighted by molar-refractivity contribution is 6.37. The molecule has 8 heteroatoms. The van der Waals surface area contributed by atoms with Crippen LogP contribution in [0.15, 0.2) is 30.6 Å². The maximum absolute atomic E-state index is 6.25. The van der Waals surface area contributed by atoms with Crippen LogP contribution in [0.2, 0.25) is 10.0 Å². The summed E-state index contributed by atoms with van der Waals surface area (Å²) in [5.74, 6) is 1.61. The van der Waals surface area contributed by atoms with Gasteiger partial charge in [0.2, 0.25) is 0 Å². The van der Waals surface area contributed by atoms with Gasteiger partial charge in [-0.1, -0.05) is 23.2 Å². The molecule has 0 amide bonds. The summed E-state index contributed by atoms with van der Waals surface area (Å²) < 4.78 is 10.4. The van der Waals surface area contributed by atoms with Crippen LogP contribution in [0.4, 0.5) is 17.2 Å². The van der Waals surface area contributed by atoms with Gasteiger partial charge >= 0.3 is 0 Å². The van der Waals surface area contributed by atoms with Gasteiger partial charge in [0.1, 0.15) is 23.6 Å². The number of nitrogens with two attached hydrogens (primary N) is 1. The topological polar surface area (TPSA) is 82.3 Å². The van der Waals surface area contributed by atoms with E-state index in [1.165, 1.54) is 13.4 Å². The zero-order chi connectivity index (χ0) is 17.3. The molecule has 24 heavy (non-hydrogen) atoms. The molecule has 0 saturated heterocycles. The van der Waals surface area contributed by atoms with E-state index in [0.717, 1.165) is 5.39 Å². The van der Waals surface area contributed by atoms with Gasteiger partial charge in [-0.05, 0) is 12.1 Å². The van der Waals surface area contributed by atoms with Crippen molar-refractivity contribution in [1.29, 1.82) is 0 Å². The van der Waals surface area contributed by atoms with Crippen molar-refractivity contribution in [2.24, 2.45) is 0 Å². The number of fused-ring (bicyclic) bond motifs is 1. The summed E-state index contributed by atoms with van der Waals surface area (Å²) >= 11 is 12.3. The summed E-state index contributed by atoms with van der Waals surface area (Å²) in [6.07, 6.45) is 1.45. The first-order chi connectivity index (χ1) is 11.5. The second kappa shape index (κ2) is 6.59. The lowest BCUT2D eigenvalue weighted by Gasteiger charge is -2.13. The number of benzene rings is 2. The maximum atomic E-state index is 6.25. The first kappa shape index (κ1) is 16.4. The van der Waals surface area contributed by atoms with E-state index in [-0.39, 0.29) is 0 Å². The van der Waals surface area contributed by atoms with Crippen molar-refractivity contribution in [2.75, 3.05) is 25.3 Å². The molecule has 0 saturated carbocycles. The van der Waals surface area contributed by atoms with Gasteiger partial charge in [-0.15, -0.1) is 0 Å². The Morgan fingerprint density at radius 2 is 1.71 bits per heavy atom. The number of nitrogen functional groups attached to an aromatic ring is 1. The molecular weight excluding hydrogens is 351 g/mol. The van der Waals surface area contributed by atoms with E-state index < -0.39 is 0 Å². The zero-order valence-electron chi connectivity index (χ0n) is 12.9. The van der Waals surface area contributed by atoms with Crippen LogP contribution in [-0.2, 0) is 0 Å². The van der Waals surface area contributed by atoms with Crippen LogP contribution >= 0.6 is 23.2 Å². The lowest BCUT2D eigenvalue weighted by Crippen LogP contribution is -1.99. The van der Waals surface area contributed by atoms with Gasteiger partial charge in [0.05, 0.1) is 41.2 Å². The number of rotatable bonds is 4. The molecule has 3 aromatic rings. The minimum absolute atomic E-state index is 0.426. The van der Waals surface area contributed by atoms with Crippen LogP contribution in [0.25, 0.3) is 10.9 Å². The van der Waals surface area contributed by atoms with Crippen molar-refractivity contribution < 1.29 is 9.47 Å². The van der Waals surface area contributed by atoms with Gasteiger partial charge in [0, 0.05) is 17.5 Å². The molecule has 2 aromatic carbocycles. The van der Waals surface area contributed by atoms with E-state index in [0.29, 0.717) is 44.3 Å². The number of halogens is 2. The number of anilines is 3. The average molecular weight is 365 g/mol. The van der Waals surface area contributed by atoms with E-state index in [4.69, 9.17) is 38.4 Å². The van der Waals surface area contributed by atoms with E-state index in [1.807, 2.05) is 0 Å². The van der Waals surface area contributed by atoms with Crippen molar-refractivity contribution in [3.05, 3.63) is 40.6 Å². The number of nitrogens with zero attached hydrogens (tertiary/aromatic N) is 2. The molecule has 0 fully saturated rings. The van der Waals surface area contributed by atoms with E-state index in [1.54, 1.807) is 31.4 Å². The number of hydrogen-bond acceptors (Lipinski definition) is 6. The molecule has 0 bridgehead atoms. The van der Waals surface area contributed by atoms with Crippen LogP contribution in [0.1, 0.15) is 0 Å². The molecule has 1 aromatic heterocycles. The van der Waals surface area contributed by atoms with Crippen molar-refractivity contribution in [1.82, 2.24) is 9.97 Å². The van der Waals surface area contributed by atoms with E-state index in [2.05, 4.69) is 15.3 Å². The fourth-order valence-electron chi connectivity index (χ4n) is 2.29. The lowest BCUT2D eigenvalue weighted by molar-refractivity contribution is 0.415. The van der Waals surface area contributed by atoms with Crippen molar-refractivity contribution >= 4 is 51.3 Å². The van der Waals surface area contributed by atoms with Crippen molar-refractivity contribution in [3.63, 3.8) is 0 Å². The van der Waals surface area contributed by atoms with E-state index in [9.17, 15) is 0 Å². The highest BCUT2D eigenvalue weighted by Crippen LogP contribution is 2.37. The molecule has 1 heterocycles. The third kappa shape index (κ3) is 2.98. The van der Waals surface area contributed by atoms with Crippen molar-refractivity contribution in [3.8, 4) is 11.5 Å². The highest BCUT2D eigenvalue weighted by Gasteiger charge is 2.12. The first-order valence-electron chi connectivity index (χ1n) is 6.91. The molecule has 124 valence electrons. The SMILES string of the molecule is COc1cc2ncnc(Nc3cc(OC)c(Cl)cc3Cl)c2cc1N. The Bertz CT molecular complexity index is 918. The van der Waals surface area contributed by atoms with Gasteiger partial charge < -0.3 is 20.5 Å². The molecule has 0 unspecified atom stereocenters. The number of aromatic nitrogens is 2. The van der Waals surface area contributed by atoms with Crippen LogP contribution < -0.4 is 20.5 Å². The molecule has 6 nitrogen and oxygen atoms in total. The third-order valence-electron chi connectivity index (χ3n) is 3.48. The molecule has 3 rings (SSSR count). The summed E-state index contributed by atoms with van der Waals surface area (Å²) in [6, 6.07) is 6.80. The summed E-state index contributed by atoms with van der Waals surface area (Å²) in [4.78, 5) is 8.50. The van der Waals surface area contributed by atoms with Crippen LogP contribution in [0.3, 0.4) is 0 Å². The lowest BCUT2D eigenvalue weighted by atomic mass is 10.2. The van der Waals surface area contributed by atoms with Crippen LogP contribution in [-0.4, -0.2) is 24.2 Å². The quantitative estimate of drug-likeness (QED) is 0.672. The zero-order valence-corrected chi connectivity index (χ0v) is 14.4. The highest BCUT2D eigenvalue weighted by atomic mass is 35.5. The summed E-state index contributed by atoms with van der Waals surface area (Å²) in [6.45, 7) is 0. The van der Waals surface area contributed by atoms with Crippen LogP contribution in [0, 0.1) is 0 Å². The Morgan fingerprint density at radius 3 is 2.42 bits per heavy atom. The van der Waals surface area contributed by atoms with Gasteiger partial charge in [0.25, 0.3) is 0 Å². The fraction of sp³-hybridized carbons (Fsp3) is 0.125. The van der Waals surface area contributed by atoms with Gasteiger partial charge in [-0.2, -0.15) is 0 Å². The molecule has 0 radical (unpaired) electrons. The number of methoxy groups -OCH3 is 2. The molecule has 0 aliphatic heterocycles. The normalized spacial score (nSPS) is 10.7. The Balaban J connectivity index is 2.09. The fourth-order valence-corrected chi connectivity index (χ4v) is 2.79. The predicted molar refractivity (Wildman–Crippen MR) is 96.8 cm³/mol. The largest absolute Gasteiger partial charge is 0.495 e.